The molecular formula is C24H25ClN2O3. The molecule has 3 aromatic rings. The molecule has 5 nitrogen and oxygen atoms in total. The number of halogens is 1. The number of benzene rings is 2. The molecule has 1 heterocycles. The Morgan fingerprint density at radius 2 is 1.83 bits per heavy atom. The molecule has 0 spiro atoms. The molecule has 6 heteroatoms. The molecule has 1 aromatic heterocycles. The van der Waals surface area contributed by atoms with Gasteiger partial charge in [-0.25, -0.2) is 0 Å². The average molecular weight is 425 g/mol. The molecule has 1 fully saturated rings. The maximum absolute atomic E-state index is 12.2. The summed E-state index contributed by atoms with van der Waals surface area (Å²) in [4.78, 5) is 14.4. The number of amides is 1. The normalized spacial score (nSPS) is 13.4. The summed E-state index contributed by atoms with van der Waals surface area (Å²) in [6.07, 6.45) is 3.86. The van der Waals surface area contributed by atoms with Crippen molar-refractivity contribution in [2.45, 2.75) is 32.0 Å². The van der Waals surface area contributed by atoms with E-state index in [1.54, 1.807) is 6.26 Å². The molecule has 0 radical (unpaired) electrons. The minimum Gasteiger partial charge on any atom is -0.492 e. The van der Waals surface area contributed by atoms with Gasteiger partial charge < -0.3 is 14.5 Å². The summed E-state index contributed by atoms with van der Waals surface area (Å²) in [6.45, 7) is 2.69. The second-order valence-electron chi connectivity index (χ2n) is 7.54. The monoisotopic (exact) mass is 424 g/mol. The molecule has 2 aromatic carbocycles. The Bertz CT molecular complexity index is 936. The summed E-state index contributed by atoms with van der Waals surface area (Å²) in [5, 5.41) is 3.71. The highest BCUT2D eigenvalue weighted by molar-refractivity contribution is 6.30. The molecule has 1 saturated carbocycles. The fraction of sp³-hybridized carbons (Fsp3) is 0.292. The number of nitrogens with one attached hydrogen (secondary N) is 1. The van der Waals surface area contributed by atoms with E-state index in [0.717, 1.165) is 43.0 Å². The summed E-state index contributed by atoms with van der Waals surface area (Å²) < 4.78 is 11.4. The number of hydrogen-bond acceptors (Lipinski definition) is 4. The number of carbonyl (C=O) groups excluding carboxylic acids is 1. The second-order valence-corrected chi connectivity index (χ2v) is 7.97. The van der Waals surface area contributed by atoms with Gasteiger partial charge in [-0.3, -0.25) is 9.69 Å². The lowest BCUT2D eigenvalue weighted by Gasteiger charge is -2.21. The first-order chi connectivity index (χ1) is 14.7. The van der Waals surface area contributed by atoms with E-state index in [-0.39, 0.29) is 5.91 Å². The van der Waals surface area contributed by atoms with Gasteiger partial charge in [-0.2, -0.15) is 0 Å². The third-order valence-electron chi connectivity index (χ3n) is 4.98. The van der Waals surface area contributed by atoms with E-state index in [4.69, 9.17) is 20.8 Å². The topological polar surface area (TPSA) is 54.7 Å². The largest absolute Gasteiger partial charge is 0.492 e. The quantitative estimate of drug-likeness (QED) is 0.502. The van der Waals surface area contributed by atoms with Crippen LogP contribution in [0.5, 0.6) is 5.75 Å². The van der Waals surface area contributed by atoms with Crippen LogP contribution in [-0.4, -0.2) is 30.0 Å². The molecule has 0 atom stereocenters. The van der Waals surface area contributed by atoms with Crippen LogP contribution in [0.1, 0.15) is 34.5 Å². The van der Waals surface area contributed by atoms with Gasteiger partial charge in [0, 0.05) is 29.7 Å². The zero-order valence-electron chi connectivity index (χ0n) is 16.7. The van der Waals surface area contributed by atoms with E-state index < -0.39 is 0 Å². The minimum absolute atomic E-state index is 0.00727. The van der Waals surface area contributed by atoms with E-state index in [9.17, 15) is 4.79 Å². The summed E-state index contributed by atoms with van der Waals surface area (Å²) in [6, 6.07) is 19.4. The molecule has 0 bridgehead atoms. The minimum atomic E-state index is 0.00727. The molecular weight excluding hydrogens is 400 g/mol. The van der Waals surface area contributed by atoms with E-state index >= 15 is 0 Å². The highest BCUT2D eigenvalue weighted by atomic mass is 35.5. The first kappa shape index (κ1) is 20.5. The summed E-state index contributed by atoms with van der Waals surface area (Å²) in [7, 11) is 0. The molecule has 4 rings (SSSR count). The molecule has 1 aliphatic carbocycles. The lowest BCUT2D eigenvalue weighted by atomic mass is 10.1. The average Bonchev–Trinajstić information content (AvgIpc) is 3.42. The lowest BCUT2D eigenvalue weighted by molar-refractivity contribution is 0.0951. The van der Waals surface area contributed by atoms with Crippen molar-refractivity contribution in [2.24, 2.45) is 0 Å². The highest BCUT2D eigenvalue weighted by Crippen LogP contribution is 2.20. The summed E-state index contributed by atoms with van der Waals surface area (Å²) in [5.41, 5.74) is 1.84. The molecule has 0 saturated heterocycles. The smallest absolute Gasteiger partial charge is 0.251 e. The Hall–Kier alpha value is -2.76. The molecule has 30 heavy (non-hydrogen) atoms. The molecule has 1 N–H and O–H groups in total. The van der Waals surface area contributed by atoms with Gasteiger partial charge >= 0.3 is 0 Å². The lowest BCUT2D eigenvalue weighted by Crippen LogP contribution is -2.28. The van der Waals surface area contributed by atoms with Crippen molar-refractivity contribution in [3.63, 3.8) is 0 Å². The fourth-order valence-corrected chi connectivity index (χ4v) is 3.30. The molecule has 0 aliphatic heterocycles. The van der Waals surface area contributed by atoms with Crippen LogP contribution < -0.4 is 10.1 Å². The van der Waals surface area contributed by atoms with Crippen molar-refractivity contribution >= 4 is 17.5 Å². The predicted molar refractivity (Wildman–Crippen MR) is 117 cm³/mol. The third kappa shape index (κ3) is 6.12. The zero-order chi connectivity index (χ0) is 20.8. The SMILES string of the molecule is O=C(NC1CC1)c1ccc(CN(CCOc2ccc(Cl)cc2)Cc2ccco2)cc1. The zero-order valence-corrected chi connectivity index (χ0v) is 17.5. The number of rotatable bonds is 10. The number of furan rings is 1. The van der Waals surface area contributed by atoms with Gasteiger partial charge in [0.25, 0.3) is 5.91 Å². The summed E-state index contributed by atoms with van der Waals surface area (Å²) >= 11 is 5.93. The number of ether oxygens (including phenoxy) is 1. The first-order valence-electron chi connectivity index (χ1n) is 10.2. The van der Waals surface area contributed by atoms with E-state index in [0.29, 0.717) is 29.8 Å². The van der Waals surface area contributed by atoms with E-state index in [1.165, 1.54) is 0 Å². The van der Waals surface area contributed by atoms with Gasteiger partial charge in [-0.05, 0) is 66.9 Å². The Kier molecular flexibility index (Phi) is 6.72. The maximum atomic E-state index is 12.2. The van der Waals surface area contributed by atoms with E-state index in [2.05, 4.69) is 10.2 Å². The van der Waals surface area contributed by atoms with Crippen LogP contribution >= 0.6 is 11.6 Å². The molecule has 1 aliphatic rings. The van der Waals surface area contributed by atoms with Crippen LogP contribution in [0.3, 0.4) is 0 Å². The Balaban J connectivity index is 1.35. The number of hydrogen-bond donors (Lipinski definition) is 1. The van der Waals surface area contributed by atoms with Crippen LogP contribution in [-0.2, 0) is 13.1 Å². The van der Waals surface area contributed by atoms with Crippen molar-refractivity contribution in [3.8, 4) is 5.75 Å². The van der Waals surface area contributed by atoms with Crippen molar-refractivity contribution in [1.29, 1.82) is 0 Å². The third-order valence-corrected chi connectivity index (χ3v) is 5.24. The number of carbonyl (C=O) groups is 1. The Labute approximate surface area is 181 Å². The fourth-order valence-electron chi connectivity index (χ4n) is 3.18. The van der Waals surface area contributed by atoms with Crippen LogP contribution in [0.2, 0.25) is 5.02 Å². The van der Waals surface area contributed by atoms with Gasteiger partial charge in [-0.15, -0.1) is 0 Å². The van der Waals surface area contributed by atoms with Crippen LogP contribution in [0.25, 0.3) is 0 Å². The maximum Gasteiger partial charge on any atom is 0.251 e. The van der Waals surface area contributed by atoms with Gasteiger partial charge in [0.15, 0.2) is 0 Å². The standard InChI is InChI=1S/C24H25ClN2O3/c25-20-7-11-22(12-8-20)30-15-13-27(17-23-2-1-14-29-23)16-18-3-5-19(6-4-18)24(28)26-21-9-10-21/h1-8,11-12,14,21H,9-10,13,15-17H2,(H,26,28). The van der Waals surface area contributed by atoms with Crippen molar-refractivity contribution in [2.75, 3.05) is 13.2 Å². The van der Waals surface area contributed by atoms with Gasteiger partial charge in [0.1, 0.15) is 18.1 Å². The Morgan fingerprint density at radius 1 is 1.07 bits per heavy atom. The van der Waals surface area contributed by atoms with Crippen molar-refractivity contribution < 1.29 is 13.9 Å². The molecule has 1 amide bonds. The van der Waals surface area contributed by atoms with Crippen LogP contribution in [0, 0.1) is 0 Å². The van der Waals surface area contributed by atoms with Crippen molar-refractivity contribution in [3.05, 3.63) is 88.8 Å². The van der Waals surface area contributed by atoms with Crippen LogP contribution in [0.4, 0.5) is 0 Å². The van der Waals surface area contributed by atoms with Gasteiger partial charge in [0.05, 0.1) is 12.8 Å². The van der Waals surface area contributed by atoms with Gasteiger partial charge in [-0.1, -0.05) is 23.7 Å². The Morgan fingerprint density at radius 3 is 2.50 bits per heavy atom. The van der Waals surface area contributed by atoms with Crippen molar-refractivity contribution in [1.82, 2.24) is 10.2 Å². The second kappa shape index (κ2) is 9.83. The first-order valence-corrected chi connectivity index (χ1v) is 10.6. The number of nitrogens with zero attached hydrogens (tertiary/aromatic N) is 1. The predicted octanol–water partition coefficient (Wildman–Crippen LogP) is 4.91. The van der Waals surface area contributed by atoms with E-state index in [1.807, 2.05) is 60.7 Å². The molecule has 156 valence electrons. The molecule has 0 unspecified atom stereocenters. The highest BCUT2D eigenvalue weighted by Gasteiger charge is 2.23. The van der Waals surface area contributed by atoms with Gasteiger partial charge in [0.2, 0.25) is 0 Å². The van der Waals surface area contributed by atoms with Crippen LogP contribution in [0.15, 0.2) is 71.3 Å². The summed E-state index contributed by atoms with van der Waals surface area (Å²) in [5.74, 6) is 1.71.